The van der Waals surface area contributed by atoms with E-state index in [2.05, 4.69) is 0 Å². The van der Waals surface area contributed by atoms with E-state index in [1.807, 2.05) is 0 Å². The maximum atomic E-state index is 12.2. The van der Waals surface area contributed by atoms with E-state index in [0.717, 1.165) is 5.56 Å². The van der Waals surface area contributed by atoms with Gasteiger partial charge in [0.2, 0.25) is 0 Å². The van der Waals surface area contributed by atoms with Gasteiger partial charge in [-0.1, -0.05) is 24.3 Å². The van der Waals surface area contributed by atoms with Crippen LogP contribution in [-0.2, 0) is 10.0 Å². The minimum atomic E-state index is -5.31. The zero-order valence-electron chi connectivity index (χ0n) is 9.25. The summed E-state index contributed by atoms with van der Waals surface area (Å²) < 4.78 is 59.9. The molecule has 0 saturated heterocycles. The lowest BCUT2D eigenvalue weighted by atomic mass is 10.0. The molecule has 0 fully saturated rings. The highest BCUT2D eigenvalue weighted by atomic mass is 32.2. The second-order valence-corrected chi connectivity index (χ2v) is 5.35. The summed E-state index contributed by atoms with van der Waals surface area (Å²) in [5.74, 6) is 0. The molecule has 0 bridgehead atoms. The standard InChI is InChI=1S/C10H12F3NO2S/c1-7-5-3-4-6-9(7)8(2)14-17(15,16)10(11,12)13/h3-6,8,14H,1-2H3/t8-/m0/s1. The Labute approximate surface area is 97.7 Å². The Morgan fingerprint density at radius 3 is 2.24 bits per heavy atom. The molecule has 1 aromatic rings. The first-order valence-electron chi connectivity index (χ1n) is 4.79. The Balaban J connectivity index is 2.96. The van der Waals surface area contributed by atoms with Crippen LogP contribution in [0, 0.1) is 6.92 Å². The Morgan fingerprint density at radius 2 is 1.76 bits per heavy atom. The van der Waals surface area contributed by atoms with Crippen molar-refractivity contribution in [1.29, 1.82) is 0 Å². The molecule has 0 heterocycles. The van der Waals surface area contributed by atoms with Crippen LogP contribution in [0.3, 0.4) is 0 Å². The topological polar surface area (TPSA) is 46.2 Å². The van der Waals surface area contributed by atoms with E-state index >= 15 is 0 Å². The fourth-order valence-electron chi connectivity index (χ4n) is 1.44. The highest BCUT2D eigenvalue weighted by Gasteiger charge is 2.46. The molecule has 0 aromatic heterocycles. The van der Waals surface area contributed by atoms with Crippen LogP contribution >= 0.6 is 0 Å². The zero-order chi connectivity index (χ0) is 13.3. The molecule has 0 radical (unpaired) electrons. The normalized spacial score (nSPS) is 14.6. The van der Waals surface area contributed by atoms with Crippen molar-refractivity contribution in [2.24, 2.45) is 0 Å². The van der Waals surface area contributed by atoms with Gasteiger partial charge in [0.1, 0.15) is 0 Å². The summed E-state index contributed by atoms with van der Waals surface area (Å²) in [6, 6.07) is 5.72. The van der Waals surface area contributed by atoms with Gasteiger partial charge in [0.05, 0.1) is 0 Å². The van der Waals surface area contributed by atoms with E-state index in [1.54, 1.807) is 35.9 Å². The molecule has 0 spiro atoms. The van der Waals surface area contributed by atoms with E-state index in [0.29, 0.717) is 5.56 Å². The summed E-state index contributed by atoms with van der Waals surface area (Å²) in [6.45, 7) is 3.07. The molecule has 1 rings (SSSR count). The molecule has 1 atom stereocenters. The molecule has 0 saturated carbocycles. The quantitative estimate of drug-likeness (QED) is 0.914. The Bertz CT molecular complexity index is 497. The summed E-state index contributed by atoms with van der Waals surface area (Å²) in [7, 11) is -5.31. The third-order valence-electron chi connectivity index (χ3n) is 2.29. The average Bonchev–Trinajstić information content (AvgIpc) is 2.15. The number of benzene rings is 1. The molecule has 96 valence electrons. The van der Waals surface area contributed by atoms with Crippen molar-refractivity contribution in [3.63, 3.8) is 0 Å². The fraction of sp³-hybridized carbons (Fsp3) is 0.400. The molecule has 0 unspecified atom stereocenters. The van der Waals surface area contributed by atoms with Gasteiger partial charge in [0, 0.05) is 6.04 Å². The van der Waals surface area contributed by atoms with Crippen LogP contribution in [0.25, 0.3) is 0 Å². The van der Waals surface area contributed by atoms with Crippen LogP contribution in [0.4, 0.5) is 13.2 Å². The van der Waals surface area contributed by atoms with Gasteiger partial charge < -0.3 is 0 Å². The molecule has 0 aliphatic rings. The van der Waals surface area contributed by atoms with Crippen LogP contribution in [0.5, 0.6) is 0 Å². The Morgan fingerprint density at radius 1 is 1.24 bits per heavy atom. The number of rotatable bonds is 3. The summed E-state index contributed by atoms with van der Waals surface area (Å²) in [5, 5.41) is 0. The maximum absolute atomic E-state index is 12.2. The SMILES string of the molecule is Cc1ccccc1[C@H](C)NS(=O)(=O)C(F)(F)F. The predicted octanol–water partition coefficient (Wildman–Crippen LogP) is 2.50. The highest BCUT2D eigenvalue weighted by molar-refractivity contribution is 7.90. The van der Waals surface area contributed by atoms with Gasteiger partial charge in [0.15, 0.2) is 0 Å². The van der Waals surface area contributed by atoms with Gasteiger partial charge in [-0.05, 0) is 25.0 Å². The number of nitrogens with one attached hydrogen (secondary N) is 1. The second kappa shape index (κ2) is 4.66. The average molecular weight is 267 g/mol. The first-order chi connectivity index (χ1) is 7.65. The van der Waals surface area contributed by atoms with Crippen LogP contribution in [0.1, 0.15) is 24.1 Å². The number of halogens is 3. The molecule has 0 aliphatic carbocycles. The van der Waals surface area contributed by atoms with Gasteiger partial charge in [0.25, 0.3) is 0 Å². The maximum Gasteiger partial charge on any atom is 0.511 e. The van der Waals surface area contributed by atoms with Gasteiger partial charge in [-0.3, -0.25) is 0 Å². The van der Waals surface area contributed by atoms with E-state index in [4.69, 9.17) is 0 Å². The van der Waals surface area contributed by atoms with Crippen molar-refractivity contribution in [3.8, 4) is 0 Å². The monoisotopic (exact) mass is 267 g/mol. The molecule has 3 nitrogen and oxygen atoms in total. The van der Waals surface area contributed by atoms with Crippen molar-refractivity contribution >= 4 is 10.0 Å². The molecule has 7 heteroatoms. The first kappa shape index (κ1) is 14.0. The van der Waals surface area contributed by atoms with Gasteiger partial charge >= 0.3 is 15.5 Å². The summed E-state index contributed by atoms with van der Waals surface area (Å²) in [6.07, 6.45) is 0. The zero-order valence-corrected chi connectivity index (χ0v) is 10.1. The molecule has 1 aromatic carbocycles. The lowest BCUT2D eigenvalue weighted by molar-refractivity contribution is -0.0450. The van der Waals surface area contributed by atoms with Gasteiger partial charge in [-0.2, -0.15) is 13.2 Å². The van der Waals surface area contributed by atoms with Gasteiger partial charge in [-0.25, -0.2) is 13.1 Å². The lowest BCUT2D eigenvalue weighted by Gasteiger charge is -2.17. The molecule has 0 aliphatic heterocycles. The van der Waals surface area contributed by atoms with Crippen molar-refractivity contribution in [2.45, 2.75) is 25.4 Å². The summed E-state index contributed by atoms with van der Waals surface area (Å²) in [5.41, 5.74) is -4.05. The van der Waals surface area contributed by atoms with Crippen LogP contribution in [0.15, 0.2) is 24.3 Å². The Kier molecular flexibility index (Phi) is 3.83. The molecule has 0 amide bonds. The van der Waals surface area contributed by atoms with Crippen LogP contribution in [-0.4, -0.2) is 13.9 Å². The highest BCUT2D eigenvalue weighted by Crippen LogP contribution is 2.25. The molecule has 17 heavy (non-hydrogen) atoms. The fourth-order valence-corrected chi connectivity index (χ4v) is 2.16. The second-order valence-electron chi connectivity index (χ2n) is 3.65. The smallest absolute Gasteiger partial charge is 0.203 e. The summed E-state index contributed by atoms with van der Waals surface area (Å²) >= 11 is 0. The van der Waals surface area contributed by atoms with E-state index in [-0.39, 0.29) is 0 Å². The molecular formula is C10H12F3NO2S. The van der Waals surface area contributed by atoms with Crippen LogP contribution in [0.2, 0.25) is 0 Å². The van der Waals surface area contributed by atoms with Crippen LogP contribution < -0.4 is 4.72 Å². The van der Waals surface area contributed by atoms with E-state index in [9.17, 15) is 21.6 Å². The lowest BCUT2D eigenvalue weighted by Crippen LogP contribution is -2.38. The Hall–Kier alpha value is -1.08. The number of hydrogen-bond donors (Lipinski definition) is 1. The molecular weight excluding hydrogens is 255 g/mol. The van der Waals surface area contributed by atoms with Crippen molar-refractivity contribution in [2.75, 3.05) is 0 Å². The molecule has 1 N–H and O–H groups in total. The van der Waals surface area contributed by atoms with E-state index in [1.165, 1.54) is 6.92 Å². The number of aryl methyl sites for hydroxylation is 1. The van der Waals surface area contributed by atoms with Gasteiger partial charge in [-0.15, -0.1) is 0 Å². The summed E-state index contributed by atoms with van der Waals surface area (Å²) in [4.78, 5) is 0. The van der Waals surface area contributed by atoms with Crippen molar-refractivity contribution in [3.05, 3.63) is 35.4 Å². The largest absolute Gasteiger partial charge is 0.511 e. The third-order valence-corrected chi connectivity index (χ3v) is 3.56. The third kappa shape index (κ3) is 3.19. The number of alkyl halides is 3. The minimum Gasteiger partial charge on any atom is -0.203 e. The number of hydrogen-bond acceptors (Lipinski definition) is 2. The van der Waals surface area contributed by atoms with Crippen molar-refractivity contribution in [1.82, 2.24) is 4.72 Å². The van der Waals surface area contributed by atoms with Crippen molar-refractivity contribution < 1.29 is 21.6 Å². The number of sulfonamides is 1. The first-order valence-corrected chi connectivity index (χ1v) is 6.27. The predicted molar refractivity (Wildman–Crippen MR) is 57.7 cm³/mol. The van der Waals surface area contributed by atoms with E-state index < -0.39 is 21.6 Å². The minimum absolute atomic E-state index is 0.514.